The van der Waals surface area contributed by atoms with E-state index in [1.165, 1.54) is 0 Å². The zero-order chi connectivity index (χ0) is 9.97. The molecule has 0 spiro atoms. The lowest BCUT2D eigenvalue weighted by Crippen LogP contribution is -1.92. The van der Waals surface area contributed by atoms with Crippen LogP contribution in [0.5, 0.6) is 0 Å². The first-order valence-electron chi connectivity index (χ1n) is 4.41. The number of nitrogens with two attached hydrogens (primary N) is 1. The van der Waals surface area contributed by atoms with Crippen molar-refractivity contribution in [3.05, 3.63) is 42.2 Å². The topological polar surface area (TPSA) is 51.8 Å². The standard InChI is InChI=1S/C11H11N3/c1-8-3-4-9(7-10(8)12)11-13-5-2-6-14-11/h2-7H,12H2,1H3. The maximum absolute atomic E-state index is 5.80. The molecule has 0 aliphatic heterocycles. The monoisotopic (exact) mass is 185 g/mol. The summed E-state index contributed by atoms with van der Waals surface area (Å²) in [5.74, 6) is 0.708. The molecular formula is C11H11N3. The van der Waals surface area contributed by atoms with Crippen molar-refractivity contribution in [1.29, 1.82) is 0 Å². The number of hydrogen-bond acceptors (Lipinski definition) is 3. The lowest BCUT2D eigenvalue weighted by atomic mass is 10.1. The highest BCUT2D eigenvalue weighted by Crippen LogP contribution is 2.19. The van der Waals surface area contributed by atoms with E-state index in [1.807, 2.05) is 25.1 Å². The average molecular weight is 185 g/mol. The van der Waals surface area contributed by atoms with Crippen LogP contribution in [0.25, 0.3) is 11.4 Å². The van der Waals surface area contributed by atoms with Gasteiger partial charge in [-0.25, -0.2) is 9.97 Å². The third-order valence-corrected chi connectivity index (χ3v) is 2.10. The molecular weight excluding hydrogens is 174 g/mol. The SMILES string of the molecule is Cc1ccc(-c2ncccn2)cc1N. The predicted molar refractivity (Wildman–Crippen MR) is 56.6 cm³/mol. The maximum atomic E-state index is 5.80. The van der Waals surface area contributed by atoms with Gasteiger partial charge in [0, 0.05) is 23.6 Å². The Hall–Kier alpha value is -1.90. The maximum Gasteiger partial charge on any atom is 0.159 e. The van der Waals surface area contributed by atoms with E-state index >= 15 is 0 Å². The van der Waals surface area contributed by atoms with Crippen molar-refractivity contribution in [2.75, 3.05) is 5.73 Å². The van der Waals surface area contributed by atoms with Crippen molar-refractivity contribution >= 4 is 5.69 Å². The Morgan fingerprint density at radius 3 is 2.50 bits per heavy atom. The fourth-order valence-corrected chi connectivity index (χ4v) is 1.23. The minimum absolute atomic E-state index is 0.708. The van der Waals surface area contributed by atoms with E-state index in [1.54, 1.807) is 18.5 Å². The van der Waals surface area contributed by atoms with Gasteiger partial charge in [-0.15, -0.1) is 0 Å². The van der Waals surface area contributed by atoms with E-state index in [4.69, 9.17) is 5.73 Å². The van der Waals surface area contributed by atoms with Crippen LogP contribution in [0.15, 0.2) is 36.7 Å². The Kier molecular flexibility index (Phi) is 2.14. The minimum atomic E-state index is 0.708. The highest BCUT2D eigenvalue weighted by molar-refractivity contribution is 5.63. The summed E-state index contributed by atoms with van der Waals surface area (Å²) < 4.78 is 0. The van der Waals surface area contributed by atoms with Crippen LogP contribution >= 0.6 is 0 Å². The fourth-order valence-electron chi connectivity index (χ4n) is 1.23. The average Bonchev–Trinajstić information content (AvgIpc) is 2.23. The fraction of sp³-hybridized carbons (Fsp3) is 0.0909. The third-order valence-electron chi connectivity index (χ3n) is 2.10. The van der Waals surface area contributed by atoms with Crippen LogP contribution in [0.4, 0.5) is 5.69 Å². The molecule has 0 radical (unpaired) electrons. The number of aryl methyl sites for hydroxylation is 1. The van der Waals surface area contributed by atoms with E-state index in [0.29, 0.717) is 5.82 Å². The molecule has 1 aromatic heterocycles. The molecule has 0 unspecified atom stereocenters. The number of aromatic nitrogens is 2. The second kappa shape index (κ2) is 3.46. The molecule has 70 valence electrons. The van der Waals surface area contributed by atoms with E-state index in [-0.39, 0.29) is 0 Å². The summed E-state index contributed by atoms with van der Waals surface area (Å²) in [5, 5.41) is 0. The van der Waals surface area contributed by atoms with Gasteiger partial charge in [0.1, 0.15) is 0 Å². The van der Waals surface area contributed by atoms with Crippen LogP contribution in [0, 0.1) is 6.92 Å². The number of benzene rings is 1. The predicted octanol–water partition coefficient (Wildman–Crippen LogP) is 2.03. The Balaban J connectivity index is 2.48. The molecule has 14 heavy (non-hydrogen) atoms. The summed E-state index contributed by atoms with van der Waals surface area (Å²) in [6, 6.07) is 7.63. The van der Waals surface area contributed by atoms with Crippen molar-refractivity contribution < 1.29 is 0 Å². The highest BCUT2D eigenvalue weighted by atomic mass is 14.8. The molecule has 2 aromatic rings. The van der Waals surface area contributed by atoms with Gasteiger partial charge in [0.15, 0.2) is 5.82 Å². The lowest BCUT2D eigenvalue weighted by molar-refractivity contribution is 1.17. The van der Waals surface area contributed by atoms with Crippen molar-refractivity contribution in [3.63, 3.8) is 0 Å². The van der Waals surface area contributed by atoms with Gasteiger partial charge in [0.05, 0.1) is 0 Å². The molecule has 1 aromatic carbocycles. The Bertz CT molecular complexity index is 438. The lowest BCUT2D eigenvalue weighted by Gasteiger charge is -2.02. The van der Waals surface area contributed by atoms with Crippen LogP contribution < -0.4 is 5.73 Å². The number of nitrogens with zero attached hydrogens (tertiary/aromatic N) is 2. The van der Waals surface area contributed by atoms with E-state index in [2.05, 4.69) is 9.97 Å². The molecule has 0 aliphatic carbocycles. The molecule has 2 N–H and O–H groups in total. The zero-order valence-corrected chi connectivity index (χ0v) is 7.94. The van der Waals surface area contributed by atoms with Gasteiger partial charge in [-0.05, 0) is 24.6 Å². The Morgan fingerprint density at radius 1 is 1.14 bits per heavy atom. The molecule has 3 heteroatoms. The van der Waals surface area contributed by atoms with Crippen molar-refractivity contribution in [1.82, 2.24) is 9.97 Å². The molecule has 1 heterocycles. The summed E-state index contributed by atoms with van der Waals surface area (Å²) in [7, 11) is 0. The van der Waals surface area contributed by atoms with Crippen LogP contribution in [-0.2, 0) is 0 Å². The van der Waals surface area contributed by atoms with Gasteiger partial charge in [0.2, 0.25) is 0 Å². The van der Waals surface area contributed by atoms with Crippen LogP contribution in [0.2, 0.25) is 0 Å². The van der Waals surface area contributed by atoms with Crippen LogP contribution in [0.1, 0.15) is 5.56 Å². The number of anilines is 1. The molecule has 3 nitrogen and oxygen atoms in total. The first-order valence-corrected chi connectivity index (χ1v) is 4.41. The van der Waals surface area contributed by atoms with E-state index in [9.17, 15) is 0 Å². The van der Waals surface area contributed by atoms with Gasteiger partial charge in [-0.3, -0.25) is 0 Å². The van der Waals surface area contributed by atoms with Crippen molar-refractivity contribution in [3.8, 4) is 11.4 Å². The molecule has 0 saturated carbocycles. The molecule has 0 fully saturated rings. The summed E-state index contributed by atoms with van der Waals surface area (Å²) in [4.78, 5) is 8.31. The van der Waals surface area contributed by atoms with Gasteiger partial charge in [0.25, 0.3) is 0 Å². The first-order chi connectivity index (χ1) is 6.77. The van der Waals surface area contributed by atoms with E-state index < -0.39 is 0 Å². The van der Waals surface area contributed by atoms with Gasteiger partial charge in [-0.2, -0.15) is 0 Å². The Morgan fingerprint density at radius 2 is 1.86 bits per heavy atom. The van der Waals surface area contributed by atoms with Crippen molar-refractivity contribution in [2.45, 2.75) is 6.92 Å². The Labute approximate surface area is 82.6 Å². The quantitative estimate of drug-likeness (QED) is 0.691. The van der Waals surface area contributed by atoms with Crippen molar-refractivity contribution in [2.24, 2.45) is 0 Å². The second-order valence-corrected chi connectivity index (χ2v) is 3.14. The first kappa shape index (κ1) is 8.69. The molecule has 0 bridgehead atoms. The summed E-state index contributed by atoms with van der Waals surface area (Å²) in [5.41, 5.74) is 8.60. The largest absolute Gasteiger partial charge is 0.398 e. The summed E-state index contributed by atoms with van der Waals surface area (Å²) in [6.07, 6.45) is 3.44. The van der Waals surface area contributed by atoms with Gasteiger partial charge >= 0.3 is 0 Å². The van der Waals surface area contributed by atoms with E-state index in [0.717, 1.165) is 16.8 Å². The highest BCUT2D eigenvalue weighted by Gasteiger charge is 2.01. The number of hydrogen-bond donors (Lipinski definition) is 1. The van der Waals surface area contributed by atoms with Crippen LogP contribution in [0.3, 0.4) is 0 Å². The number of rotatable bonds is 1. The molecule has 2 rings (SSSR count). The van der Waals surface area contributed by atoms with Crippen LogP contribution in [-0.4, -0.2) is 9.97 Å². The molecule has 0 atom stereocenters. The molecule has 0 saturated heterocycles. The smallest absolute Gasteiger partial charge is 0.159 e. The van der Waals surface area contributed by atoms with Gasteiger partial charge in [-0.1, -0.05) is 12.1 Å². The minimum Gasteiger partial charge on any atom is -0.398 e. The normalized spacial score (nSPS) is 10.1. The summed E-state index contributed by atoms with van der Waals surface area (Å²) >= 11 is 0. The number of nitrogen functional groups attached to an aromatic ring is 1. The molecule has 0 amide bonds. The molecule has 0 aliphatic rings. The third kappa shape index (κ3) is 1.57. The zero-order valence-electron chi connectivity index (χ0n) is 7.94. The van der Waals surface area contributed by atoms with Gasteiger partial charge < -0.3 is 5.73 Å². The second-order valence-electron chi connectivity index (χ2n) is 3.14. The summed E-state index contributed by atoms with van der Waals surface area (Å²) in [6.45, 7) is 1.98.